The molecule has 3 nitrogen and oxygen atoms in total. The van der Waals surface area contributed by atoms with Crippen LogP contribution in [0.15, 0.2) is 0 Å². The Bertz CT molecular complexity index is 267. The topological polar surface area (TPSA) is 29.5 Å². The number of likely N-dealkylation sites (tertiary alicyclic amines) is 1. The molecule has 2 atom stereocenters. The molecule has 0 aromatic heterocycles. The first-order valence-electron chi connectivity index (χ1n) is 7.66. The van der Waals surface area contributed by atoms with E-state index in [2.05, 4.69) is 11.8 Å². The summed E-state index contributed by atoms with van der Waals surface area (Å²) in [6, 6.07) is 0. The van der Waals surface area contributed by atoms with Gasteiger partial charge in [0.25, 0.3) is 0 Å². The minimum atomic E-state index is 0.309. The van der Waals surface area contributed by atoms with Gasteiger partial charge in [0.2, 0.25) is 0 Å². The van der Waals surface area contributed by atoms with Crippen LogP contribution in [0.4, 0.5) is 0 Å². The zero-order valence-electron chi connectivity index (χ0n) is 11.7. The van der Waals surface area contributed by atoms with E-state index in [9.17, 15) is 4.79 Å². The fourth-order valence-electron chi connectivity index (χ4n) is 3.16. The Morgan fingerprint density at radius 3 is 2.94 bits per heavy atom. The lowest BCUT2D eigenvalue weighted by Crippen LogP contribution is -2.43. The quantitative estimate of drug-likeness (QED) is 0.754. The van der Waals surface area contributed by atoms with Crippen LogP contribution < -0.4 is 0 Å². The lowest BCUT2D eigenvalue weighted by Gasteiger charge is -2.35. The van der Waals surface area contributed by atoms with E-state index in [0.29, 0.717) is 17.8 Å². The molecule has 0 aromatic carbocycles. The molecule has 2 aliphatic rings. The van der Waals surface area contributed by atoms with Gasteiger partial charge in [-0.1, -0.05) is 13.3 Å². The largest absolute Gasteiger partial charge is 0.377 e. The third-order valence-corrected chi connectivity index (χ3v) is 4.18. The molecule has 1 saturated heterocycles. The van der Waals surface area contributed by atoms with E-state index in [4.69, 9.17) is 4.74 Å². The number of Topliss-reactive ketones (excluding diaryl/α,β-unsaturated/α-hetero) is 1. The second-order valence-electron chi connectivity index (χ2n) is 5.80. The number of carbonyl (C=O) groups is 1. The highest BCUT2D eigenvalue weighted by Gasteiger charge is 2.27. The van der Waals surface area contributed by atoms with Gasteiger partial charge < -0.3 is 9.64 Å². The number of hydrogen-bond acceptors (Lipinski definition) is 3. The molecule has 1 aliphatic heterocycles. The predicted octanol–water partition coefficient (Wildman–Crippen LogP) is 2.64. The molecule has 0 aromatic rings. The van der Waals surface area contributed by atoms with Crippen molar-refractivity contribution >= 4 is 5.78 Å². The number of nitrogens with zero attached hydrogens (tertiary/aromatic N) is 1. The molecular weight excluding hydrogens is 226 g/mol. The zero-order valence-corrected chi connectivity index (χ0v) is 11.7. The summed E-state index contributed by atoms with van der Waals surface area (Å²) in [5.74, 6) is 0.807. The molecule has 0 N–H and O–H groups in total. The lowest BCUT2D eigenvalue weighted by molar-refractivity contribution is -0.125. The average Bonchev–Trinajstić information content (AvgIpc) is 2.40. The van der Waals surface area contributed by atoms with E-state index in [1.165, 1.54) is 19.3 Å². The van der Waals surface area contributed by atoms with E-state index in [0.717, 1.165) is 51.9 Å². The van der Waals surface area contributed by atoms with Crippen molar-refractivity contribution in [2.75, 3.05) is 26.2 Å². The molecule has 2 rings (SSSR count). The number of rotatable bonds is 5. The Hall–Kier alpha value is -0.410. The summed E-state index contributed by atoms with van der Waals surface area (Å²) in [5, 5.41) is 0. The Kier molecular flexibility index (Phi) is 5.64. The first-order valence-corrected chi connectivity index (χ1v) is 7.66. The summed E-state index contributed by atoms with van der Waals surface area (Å²) >= 11 is 0. The van der Waals surface area contributed by atoms with Gasteiger partial charge in [-0.05, 0) is 38.6 Å². The summed E-state index contributed by atoms with van der Waals surface area (Å²) in [7, 11) is 0. The minimum Gasteiger partial charge on any atom is -0.377 e. The van der Waals surface area contributed by atoms with Gasteiger partial charge in [-0.3, -0.25) is 4.79 Å². The van der Waals surface area contributed by atoms with Gasteiger partial charge >= 0.3 is 0 Å². The van der Waals surface area contributed by atoms with Crippen LogP contribution in [0.2, 0.25) is 0 Å². The van der Waals surface area contributed by atoms with Crippen LogP contribution in [0, 0.1) is 5.92 Å². The smallest absolute Gasteiger partial charge is 0.137 e. The highest BCUT2D eigenvalue weighted by Crippen LogP contribution is 2.23. The monoisotopic (exact) mass is 253 g/mol. The normalized spacial score (nSPS) is 30.6. The van der Waals surface area contributed by atoms with Crippen LogP contribution in [0.1, 0.15) is 51.9 Å². The van der Waals surface area contributed by atoms with Gasteiger partial charge in [0.1, 0.15) is 5.78 Å². The first kappa shape index (κ1) is 14.0. The van der Waals surface area contributed by atoms with Gasteiger partial charge in [-0.15, -0.1) is 0 Å². The number of ketones is 1. The third kappa shape index (κ3) is 4.06. The molecule has 2 unspecified atom stereocenters. The van der Waals surface area contributed by atoms with Gasteiger partial charge in [0, 0.05) is 32.0 Å². The van der Waals surface area contributed by atoms with Crippen molar-refractivity contribution in [2.24, 2.45) is 5.92 Å². The second kappa shape index (κ2) is 7.25. The molecule has 104 valence electrons. The van der Waals surface area contributed by atoms with Crippen molar-refractivity contribution < 1.29 is 9.53 Å². The van der Waals surface area contributed by atoms with Crippen molar-refractivity contribution in [3.63, 3.8) is 0 Å². The molecule has 0 radical (unpaired) electrons. The fourth-order valence-corrected chi connectivity index (χ4v) is 3.16. The van der Waals surface area contributed by atoms with Crippen molar-refractivity contribution in [3.05, 3.63) is 0 Å². The van der Waals surface area contributed by atoms with E-state index in [-0.39, 0.29) is 0 Å². The highest BCUT2D eigenvalue weighted by atomic mass is 16.5. The maximum Gasteiger partial charge on any atom is 0.137 e. The van der Waals surface area contributed by atoms with Crippen LogP contribution in [-0.2, 0) is 9.53 Å². The van der Waals surface area contributed by atoms with Crippen LogP contribution in [0.25, 0.3) is 0 Å². The Labute approximate surface area is 111 Å². The molecule has 3 heteroatoms. The van der Waals surface area contributed by atoms with Crippen molar-refractivity contribution in [3.8, 4) is 0 Å². The molecule has 0 spiro atoms. The minimum absolute atomic E-state index is 0.309. The first-order chi connectivity index (χ1) is 8.79. The van der Waals surface area contributed by atoms with Crippen molar-refractivity contribution in [2.45, 2.75) is 58.0 Å². The van der Waals surface area contributed by atoms with E-state index in [1.807, 2.05) is 0 Å². The van der Waals surface area contributed by atoms with E-state index < -0.39 is 0 Å². The predicted molar refractivity (Wildman–Crippen MR) is 72.7 cm³/mol. The van der Waals surface area contributed by atoms with Crippen LogP contribution in [-0.4, -0.2) is 43.0 Å². The Morgan fingerprint density at radius 2 is 2.17 bits per heavy atom. The molecule has 0 bridgehead atoms. The van der Waals surface area contributed by atoms with Crippen LogP contribution >= 0.6 is 0 Å². The summed E-state index contributed by atoms with van der Waals surface area (Å²) < 4.78 is 5.85. The zero-order chi connectivity index (χ0) is 12.8. The van der Waals surface area contributed by atoms with Gasteiger partial charge in [-0.25, -0.2) is 0 Å². The highest BCUT2D eigenvalue weighted by molar-refractivity contribution is 5.81. The average molecular weight is 253 g/mol. The number of hydrogen-bond donors (Lipinski definition) is 0. The summed E-state index contributed by atoms with van der Waals surface area (Å²) in [4.78, 5) is 14.3. The number of ether oxygens (including phenoxy) is 1. The summed E-state index contributed by atoms with van der Waals surface area (Å²) in [6.07, 6.45) is 8.17. The van der Waals surface area contributed by atoms with Crippen molar-refractivity contribution in [1.82, 2.24) is 4.90 Å². The fraction of sp³-hybridized carbons (Fsp3) is 0.933. The Morgan fingerprint density at radius 1 is 1.28 bits per heavy atom. The van der Waals surface area contributed by atoms with E-state index in [1.54, 1.807) is 0 Å². The molecule has 18 heavy (non-hydrogen) atoms. The third-order valence-electron chi connectivity index (χ3n) is 4.18. The van der Waals surface area contributed by atoms with Crippen LogP contribution in [0.5, 0.6) is 0 Å². The maximum atomic E-state index is 11.9. The standard InChI is InChI=1S/C15H27NO2/c1-2-10-18-14-7-5-9-16(12-14)11-13-6-3-4-8-15(13)17/h13-14H,2-12H2,1H3. The van der Waals surface area contributed by atoms with Gasteiger partial charge in [0.15, 0.2) is 0 Å². The Balaban J connectivity index is 1.76. The van der Waals surface area contributed by atoms with Gasteiger partial charge in [-0.2, -0.15) is 0 Å². The molecule has 2 fully saturated rings. The SMILES string of the molecule is CCCOC1CCCN(CC2CCCCC2=O)C1. The second-order valence-corrected chi connectivity index (χ2v) is 5.80. The maximum absolute atomic E-state index is 11.9. The summed E-state index contributed by atoms with van der Waals surface area (Å²) in [5.41, 5.74) is 0. The van der Waals surface area contributed by atoms with E-state index >= 15 is 0 Å². The molecule has 1 saturated carbocycles. The summed E-state index contributed by atoms with van der Waals surface area (Å²) in [6.45, 7) is 6.19. The molecular formula is C15H27NO2. The number of piperidine rings is 1. The van der Waals surface area contributed by atoms with Gasteiger partial charge in [0.05, 0.1) is 6.10 Å². The van der Waals surface area contributed by atoms with Crippen LogP contribution in [0.3, 0.4) is 0 Å². The van der Waals surface area contributed by atoms with Crippen molar-refractivity contribution in [1.29, 1.82) is 0 Å². The molecule has 1 heterocycles. The lowest BCUT2D eigenvalue weighted by atomic mass is 9.87. The molecule has 0 amide bonds. The number of carbonyl (C=O) groups excluding carboxylic acids is 1. The molecule has 1 aliphatic carbocycles.